The lowest BCUT2D eigenvalue weighted by Crippen LogP contribution is -2.25. The number of halogens is 1. The highest BCUT2D eigenvalue weighted by Crippen LogP contribution is 2.27. The molecule has 0 aliphatic carbocycles. The molecule has 1 heterocycles. The van der Waals surface area contributed by atoms with Gasteiger partial charge in [0.1, 0.15) is 0 Å². The van der Waals surface area contributed by atoms with Gasteiger partial charge in [0.25, 0.3) is 0 Å². The SMILES string of the molecule is CCNC(Cc1c(Br)c(C)nn1CC)c1ccccc1C. The lowest BCUT2D eigenvalue weighted by Gasteiger charge is -2.21. The molecule has 1 N–H and O–H groups in total. The molecule has 0 aliphatic rings. The molecule has 1 aromatic heterocycles. The number of aryl methyl sites for hydroxylation is 3. The van der Waals surface area contributed by atoms with E-state index in [-0.39, 0.29) is 0 Å². The van der Waals surface area contributed by atoms with E-state index in [1.165, 1.54) is 16.8 Å². The van der Waals surface area contributed by atoms with E-state index in [9.17, 15) is 0 Å². The summed E-state index contributed by atoms with van der Waals surface area (Å²) in [6.45, 7) is 10.4. The second-order valence-corrected chi connectivity index (χ2v) is 6.13. The summed E-state index contributed by atoms with van der Waals surface area (Å²) in [6, 6.07) is 8.92. The van der Waals surface area contributed by atoms with Gasteiger partial charge >= 0.3 is 0 Å². The van der Waals surface area contributed by atoms with E-state index in [1.54, 1.807) is 0 Å². The van der Waals surface area contributed by atoms with Crippen LogP contribution in [0.25, 0.3) is 0 Å². The average molecular weight is 350 g/mol. The predicted octanol–water partition coefficient (Wildman–Crippen LogP) is 4.18. The molecule has 0 saturated carbocycles. The van der Waals surface area contributed by atoms with Gasteiger partial charge in [-0.05, 0) is 54.4 Å². The summed E-state index contributed by atoms with van der Waals surface area (Å²) in [4.78, 5) is 0. The molecular formula is C17H24BrN3. The number of hydrogen-bond acceptors (Lipinski definition) is 2. The number of aromatic nitrogens is 2. The van der Waals surface area contributed by atoms with Gasteiger partial charge < -0.3 is 5.32 Å². The maximum Gasteiger partial charge on any atom is 0.0738 e. The maximum absolute atomic E-state index is 4.60. The Morgan fingerprint density at radius 3 is 2.57 bits per heavy atom. The molecule has 1 unspecified atom stereocenters. The molecule has 4 heteroatoms. The molecule has 0 saturated heterocycles. The van der Waals surface area contributed by atoms with Gasteiger partial charge in [-0.2, -0.15) is 5.10 Å². The van der Waals surface area contributed by atoms with Crippen molar-refractivity contribution in [3.05, 3.63) is 51.3 Å². The Hall–Kier alpha value is -1.13. The molecular weight excluding hydrogens is 326 g/mol. The van der Waals surface area contributed by atoms with Crippen LogP contribution < -0.4 is 5.32 Å². The molecule has 2 aromatic rings. The van der Waals surface area contributed by atoms with Crippen LogP contribution in [0.15, 0.2) is 28.7 Å². The van der Waals surface area contributed by atoms with Crippen molar-refractivity contribution < 1.29 is 0 Å². The van der Waals surface area contributed by atoms with Crippen molar-refractivity contribution in [3.63, 3.8) is 0 Å². The van der Waals surface area contributed by atoms with E-state index < -0.39 is 0 Å². The van der Waals surface area contributed by atoms with Gasteiger partial charge in [0.15, 0.2) is 0 Å². The summed E-state index contributed by atoms with van der Waals surface area (Å²) < 4.78 is 3.24. The third kappa shape index (κ3) is 3.55. The highest BCUT2D eigenvalue weighted by Gasteiger charge is 2.19. The molecule has 0 spiro atoms. The van der Waals surface area contributed by atoms with Crippen molar-refractivity contribution in [2.45, 2.75) is 46.7 Å². The van der Waals surface area contributed by atoms with Crippen LogP contribution in [0.1, 0.15) is 42.4 Å². The zero-order valence-corrected chi connectivity index (χ0v) is 14.9. The van der Waals surface area contributed by atoms with E-state index in [1.807, 2.05) is 0 Å². The molecule has 1 aromatic carbocycles. The molecule has 21 heavy (non-hydrogen) atoms. The topological polar surface area (TPSA) is 29.9 Å². The number of nitrogens with zero attached hydrogens (tertiary/aromatic N) is 2. The van der Waals surface area contributed by atoms with Crippen LogP contribution in [0, 0.1) is 13.8 Å². The zero-order valence-electron chi connectivity index (χ0n) is 13.3. The van der Waals surface area contributed by atoms with Crippen molar-refractivity contribution >= 4 is 15.9 Å². The minimum absolute atomic E-state index is 0.314. The lowest BCUT2D eigenvalue weighted by atomic mass is 9.97. The predicted molar refractivity (Wildman–Crippen MR) is 91.6 cm³/mol. The first-order valence-electron chi connectivity index (χ1n) is 7.59. The molecule has 0 radical (unpaired) electrons. The van der Waals surface area contributed by atoms with E-state index in [0.29, 0.717) is 6.04 Å². The summed E-state index contributed by atoms with van der Waals surface area (Å²) >= 11 is 3.70. The summed E-state index contributed by atoms with van der Waals surface area (Å²) in [6.07, 6.45) is 0.938. The fraction of sp³-hybridized carbons (Fsp3) is 0.471. The van der Waals surface area contributed by atoms with Crippen LogP contribution >= 0.6 is 15.9 Å². The van der Waals surface area contributed by atoms with E-state index in [4.69, 9.17) is 0 Å². The summed E-state index contributed by atoms with van der Waals surface area (Å²) in [7, 11) is 0. The number of nitrogens with one attached hydrogen (secondary N) is 1. The Balaban J connectivity index is 2.35. The van der Waals surface area contributed by atoms with Gasteiger partial charge in [-0.3, -0.25) is 4.68 Å². The largest absolute Gasteiger partial charge is 0.310 e. The Morgan fingerprint density at radius 2 is 1.95 bits per heavy atom. The quantitative estimate of drug-likeness (QED) is 0.847. The molecule has 0 amide bonds. The highest BCUT2D eigenvalue weighted by atomic mass is 79.9. The fourth-order valence-electron chi connectivity index (χ4n) is 2.77. The van der Waals surface area contributed by atoms with Crippen molar-refractivity contribution in [2.75, 3.05) is 6.54 Å². The third-order valence-corrected chi connectivity index (χ3v) is 4.90. The van der Waals surface area contributed by atoms with Gasteiger partial charge in [-0.25, -0.2) is 0 Å². The average Bonchev–Trinajstić information content (AvgIpc) is 2.75. The van der Waals surface area contributed by atoms with Gasteiger partial charge in [-0.15, -0.1) is 0 Å². The van der Waals surface area contributed by atoms with Gasteiger partial charge in [0.05, 0.1) is 15.9 Å². The van der Waals surface area contributed by atoms with Crippen LogP contribution in [0.5, 0.6) is 0 Å². The molecule has 2 rings (SSSR count). The van der Waals surface area contributed by atoms with Crippen LogP contribution in [0.3, 0.4) is 0 Å². The zero-order chi connectivity index (χ0) is 15.4. The fourth-order valence-corrected chi connectivity index (χ4v) is 3.22. The van der Waals surface area contributed by atoms with Gasteiger partial charge in [0.2, 0.25) is 0 Å². The summed E-state index contributed by atoms with van der Waals surface area (Å²) in [5, 5.41) is 8.21. The Kier molecular flexibility index (Phi) is 5.59. The highest BCUT2D eigenvalue weighted by molar-refractivity contribution is 9.10. The van der Waals surface area contributed by atoms with Crippen LogP contribution in [0.4, 0.5) is 0 Å². The molecule has 0 fully saturated rings. The first kappa shape index (κ1) is 16.2. The molecule has 0 aliphatic heterocycles. The van der Waals surface area contributed by atoms with Crippen molar-refractivity contribution in [3.8, 4) is 0 Å². The number of likely N-dealkylation sites (N-methyl/N-ethyl adjacent to an activating group) is 1. The monoisotopic (exact) mass is 349 g/mol. The summed E-state index contributed by atoms with van der Waals surface area (Å²) in [5.74, 6) is 0. The molecule has 3 nitrogen and oxygen atoms in total. The molecule has 1 atom stereocenters. The maximum atomic E-state index is 4.60. The smallest absolute Gasteiger partial charge is 0.0738 e. The van der Waals surface area contributed by atoms with E-state index in [0.717, 1.165) is 29.7 Å². The van der Waals surface area contributed by atoms with Gasteiger partial charge in [-0.1, -0.05) is 31.2 Å². The number of hydrogen-bond donors (Lipinski definition) is 1. The van der Waals surface area contributed by atoms with Gasteiger partial charge in [0, 0.05) is 19.0 Å². The van der Waals surface area contributed by atoms with Crippen molar-refractivity contribution in [1.29, 1.82) is 0 Å². The second kappa shape index (κ2) is 7.23. The Labute approximate surface area is 135 Å². The standard InChI is InChI=1S/C17H24BrN3/c1-5-19-15(14-10-8-7-9-12(14)3)11-16-17(18)13(4)20-21(16)6-2/h7-10,15,19H,5-6,11H2,1-4H3. The van der Waals surface area contributed by atoms with E-state index >= 15 is 0 Å². The second-order valence-electron chi connectivity index (χ2n) is 5.33. The Bertz CT molecular complexity index is 604. The van der Waals surface area contributed by atoms with E-state index in [2.05, 4.69) is 83.0 Å². The first-order chi connectivity index (χ1) is 10.1. The normalized spacial score (nSPS) is 12.6. The number of benzene rings is 1. The minimum atomic E-state index is 0.314. The van der Waals surface area contributed by atoms with Crippen LogP contribution in [0.2, 0.25) is 0 Å². The third-order valence-electron chi connectivity index (χ3n) is 3.86. The van der Waals surface area contributed by atoms with Crippen molar-refractivity contribution in [1.82, 2.24) is 15.1 Å². The Morgan fingerprint density at radius 1 is 1.24 bits per heavy atom. The summed E-state index contributed by atoms with van der Waals surface area (Å²) in [5.41, 5.74) is 5.03. The molecule has 0 bridgehead atoms. The first-order valence-corrected chi connectivity index (χ1v) is 8.38. The van der Waals surface area contributed by atoms with Crippen LogP contribution in [-0.2, 0) is 13.0 Å². The number of rotatable bonds is 6. The van der Waals surface area contributed by atoms with Crippen LogP contribution in [-0.4, -0.2) is 16.3 Å². The minimum Gasteiger partial charge on any atom is -0.310 e. The molecule has 114 valence electrons. The lowest BCUT2D eigenvalue weighted by molar-refractivity contribution is 0.513. The van der Waals surface area contributed by atoms with Crippen molar-refractivity contribution in [2.24, 2.45) is 0 Å².